The number of amides is 1. The van der Waals surface area contributed by atoms with Gasteiger partial charge in [0.05, 0.1) is 6.54 Å². The summed E-state index contributed by atoms with van der Waals surface area (Å²) >= 11 is 5.86. The van der Waals surface area contributed by atoms with Crippen LogP contribution < -0.4 is 10.6 Å². The quantitative estimate of drug-likeness (QED) is 0.859. The summed E-state index contributed by atoms with van der Waals surface area (Å²) in [7, 11) is 0. The molecule has 2 aromatic rings. The zero-order valence-electron chi connectivity index (χ0n) is 12.0. The van der Waals surface area contributed by atoms with Crippen LogP contribution >= 0.6 is 11.6 Å². The van der Waals surface area contributed by atoms with Crippen molar-refractivity contribution >= 4 is 17.5 Å². The maximum absolute atomic E-state index is 11.8. The summed E-state index contributed by atoms with van der Waals surface area (Å²) in [6.45, 7) is 2.86. The Bertz CT molecular complexity index is 569. The highest BCUT2D eigenvalue weighted by Crippen LogP contribution is 2.15. The second-order valence-corrected chi connectivity index (χ2v) is 5.35. The van der Waals surface area contributed by atoms with Gasteiger partial charge in [-0.1, -0.05) is 54.1 Å². The summed E-state index contributed by atoms with van der Waals surface area (Å²) in [5.74, 6) is -0.0142. The standard InChI is InChI=1S/C17H19ClN2O/c1-13(15-7-9-16(18)10-8-15)19-12-17(21)20-11-14-5-3-2-4-6-14/h2-10,13,19H,11-12H2,1H3,(H,20,21)/t13-/m0/s1. The Balaban J connectivity index is 1.74. The highest BCUT2D eigenvalue weighted by molar-refractivity contribution is 6.30. The molecule has 4 heteroatoms. The van der Waals surface area contributed by atoms with Gasteiger partial charge in [-0.25, -0.2) is 0 Å². The largest absolute Gasteiger partial charge is 0.351 e. The second-order valence-electron chi connectivity index (χ2n) is 4.92. The fourth-order valence-electron chi connectivity index (χ4n) is 1.97. The Labute approximate surface area is 130 Å². The van der Waals surface area contributed by atoms with Gasteiger partial charge in [-0.05, 0) is 30.2 Å². The molecule has 3 nitrogen and oxygen atoms in total. The van der Waals surface area contributed by atoms with Crippen molar-refractivity contribution in [2.45, 2.75) is 19.5 Å². The molecule has 0 heterocycles. The summed E-state index contributed by atoms with van der Waals surface area (Å²) < 4.78 is 0. The predicted molar refractivity (Wildman–Crippen MR) is 86.2 cm³/mol. The number of carbonyl (C=O) groups excluding carboxylic acids is 1. The van der Waals surface area contributed by atoms with Crippen molar-refractivity contribution in [2.75, 3.05) is 6.54 Å². The highest BCUT2D eigenvalue weighted by Gasteiger charge is 2.07. The molecule has 0 aromatic heterocycles. The third-order valence-electron chi connectivity index (χ3n) is 3.27. The van der Waals surface area contributed by atoms with E-state index in [2.05, 4.69) is 10.6 Å². The molecule has 0 saturated heterocycles. The van der Waals surface area contributed by atoms with E-state index in [1.54, 1.807) is 0 Å². The maximum atomic E-state index is 11.8. The smallest absolute Gasteiger partial charge is 0.234 e. The van der Waals surface area contributed by atoms with Crippen molar-refractivity contribution in [1.82, 2.24) is 10.6 Å². The van der Waals surface area contributed by atoms with Gasteiger partial charge in [0.15, 0.2) is 0 Å². The minimum atomic E-state index is -0.0142. The van der Waals surface area contributed by atoms with Gasteiger partial charge in [0.2, 0.25) is 5.91 Å². The Kier molecular flexibility index (Phi) is 5.78. The predicted octanol–water partition coefficient (Wildman–Crippen LogP) is 3.31. The van der Waals surface area contributed by atoms with Crippen LogP contribution in [0.1, 0.15) is 24.1 Å². The number of benzene rings is 2. The first-order chi connectivity index (χ1) is 10.1. The van der Waals surface area contributed by atoms with E-state index in [0.29, 0.717) is 11.6 Å². The molecule has 0 aliphatic carbocycles. The summed E-state index contributed by atoms with van der Waals surface area (Å²) in [4.78, 5) is 11.8. The number of halogens is 1. The summed E-state index contributed by atoms with van der Waals surface area (Å²) in [6, 6.07) is 17.6. The van der Waals surface area contributed by atoms with Crippen LogP contribution in [0, 0.1) is 0 Å². The van der Waals surface area contributed by atoms with E-state index in [0.717, 1.165) is 11.1 Å². The Morgan fingerprint density at radius 1 is 1.10 bits per heavy atom. The third kappa shape index (κ3) is 5.21. The average molecular weight is 303 g/mol. The summed E-state index contributed by atoms with van der Waals surface area (Å²) in [5.41, 5.74) is 2.20. The number of hydrogen-bond acceptors (Lipinski definition) is 2. The van der Waals surface area contributed by atoms with Crippen LogP contribution in [0.3, 0.4) is 0 Å². The van der Waals surface area contributed by atoms with Gasteiger partial charge in [-0.2, -0.15) is 0 Å². The fraction of sp³-hybridized carbons (Fsp3) is 0.235. The third-order valence-corrected chi connectivity index (χ3v) is 3.52. The monoisotopic (exact) mass is 302 g/mol. The summed E-state index contributed by atoms with van der Waals surface area (Å²) in [6.07, 6.45) is 0. The molecule has 1 amide bonds. The number of carbonyl (C=O) groups is 1. The van der Waals surface area contributed by atoms with Gasteiger partial charge in [-0.15, -0.1) is 0 Å². The lowest BCUT2D eigenvalue weighted by molar-refractivity contribution is -0.120. The van der Waals surface area contributed by atoms with Crippen molar-refractivity contribution in [3.63, 3.8) is 0 Å². The topological polar surface area (TPSA) is 41.1 Å². The lowest BCUT2D eigenvalue weighted by Crippen LogP contribution is -2.34. The fourth-order valence-corrected chi connectivity index (χ4v) is 2.10. The van der Waals surface area contributed by atoms with Crippen molar-refractivity contribution in [3.8, 4) is 0 Å². The van der Waals surface area contributed by atoms with Gasteiger partial charge in [0.1, 0.15) is 0 Å². The van der Waals surface area contributed by atoms with Gasteiger partial charge in [-0.3, -0.25) is 4.79 Å². The number of rotatable bonds is 6. The first-order valence-electron chi connectivity index (χ1n) is 6.94. The molecule has 0 spiro atoms. The first-order valence-corrected chi connectivity index (χ1v) is 7.32. The molecule has 110 valence electrons. The molecule has 0 fully saturated rings. The lowest BCUT2D eigenvalue weighted by atomic mass is 10.1. The molecule has 2 N–H and O–H groups in total. The molecule has 0 saturated carbocycles. The van der Waals surface area contributed by atoms with E-state index in [9.17, 15) is 4.79 Å². The van der Waals surface area contributed by atoms with Gasteiger partial charge in [0, 0.05) is 17.6 Å². The molecule has 0 bridgehead atoms. The SMILES string of the molecule is C[C@H](NCC(=O)NCc1ccccc1)c1ccc(Cl)cc1. The Morgan fingerprint density at radius 2 is 1.76 bits per heavy atom. The Morgan fingerprint density at radius 3 is 2.43 bits per heavy atom. The lowest BCUT2D eigenvalue weighted by Gasteiger charge is -2.14. The zero-order valence-corrected chi connectivity index (χ0v) is 12.7. The maximum Gasteiger partial charge on any atom is 0.234 e. The van der Waals surface area contributed by atoms with Crippen molar-refractivity contribution < 1.29 is 4.79 Å². The molecular formula is C17H19ClN2O. The van der Waals surface area contributed by atoms with E-state index >= 15 is 0 Å². The van der Waals surface area contributed by atoms with E-state index < -0.39 is 0 Å². The number of nitrogens with one attached hydrogen (secondary N) is 2. The molecule has 0 aliphatic rings. The molecule has 0 radical (unpaired) electrons. The molecule has 0 unspecified atom stereocenters. The molecule has 2 aromatic carbocycles. The van der Waals surface area contributed by atoms with Crippen LogP contribution in [0.15, 0.2) is 54.6 Å². The first kappa shape index (κ1) is 15.5. The average Bonchev–Trinajstić information content (AvgIpc) is 2.52. The van der Waals surface area contributed by atoms with E-state index in [1.165, 1.54) is 0 Å². The van der Waals surface area contributed by atoms with Gasteiger partial charge >= 0.3 is 0 Å². The van der Waals surface area contributed by atoms with E-state index in [-0.39, 0.29) is 18.5 Å². The van der Waals surface area contributed by atoms with Crippen LogP contribution in [0.5, 0.6) is 0 Å². The Hall–Kier alpha value is -1.84. The molecule has 1 atom stereocenters. The number of hydrogen-bond donors (Lipinski definition) is 2. The normalized spacial score (nSPS) is 11.9. The molecular weight excluding hydrogens is 284 g/mol. The summed E-state index contributed by atoms with van der Waals surface area (Å²) in [5, 5.41) is 6.81. The van der Waals surface area contributed by atoms with Crippen LogP contribution in [-0.4, -0.2) is 12.5 Å². The minimum Gasteiger partial charge on any atom is -0.351 e. The van der Waals surface area contributed by atoms with Crippen LogP contribution in [0.25, 0.3) is 0 Å². The van der Waals surface area contributed by atoms with Crippen LogP contribution in [0.4, 0.5) is 0 Å². The van der Waals surface area contributed by atoms with E-state index in [1.807, 2.05) is 61.5 Å². The van der Waals surface area contributed by atoms with Gasteiger partial charge in [0.25, 0.3) is 0 Å². The molecule has 21 heavy (non-hydrogen) atoms. The van der Waals surface area contributed by atoms with E-state index in [4.69, 9.17) is 11.6 Å². The highest BCUT2D eigenvalue weighted by atomic mass is 35.5. The van der Waals surface area contributed by atoms with Crippen LogP contribution in [-0.2, 0) is 11.3 Å². The van der Waals surface area contributed by atoms with Crippen LogP contribution in [0.2, 0.25) is 5.02 Å². The van der Waals surface area contributed by atoms with Crippen molar-refractivity contribution in [2.24, 2.45) is 0 Å². The second kappa shape index (κ2) is 7.81. The van der Waals surface area contributed by atoms with Gasteiger partial charge < -0.3 is 10.6 Å². The zero-order chi connectivity index (χ0) is 15.1. The van der Waals surface area contributed by atoms with Crippen molar-refractivity contribution in [3.05, 3.63) is 70.7 Å². The minimum absolute atomic E-state index is 0.0142. The molecule has 2 rings (SSSR count). The molecule has 0 aliphatic heterocycles. The van der Waals surface area contributed by atoms with Crippen molar-refractivity contribution in [1.29, 1.82) is 0 Å².